The molecule has 212 valence electrons. The summed E-state index contributed by atoms with van der Waals surface area (Å²) in [5.41, 5.74) is 0.172. The molecular weight excluding hydrogens is 466 g/mol. The summed E-state index contributed by atoms with van der Waals surface area (Å²) in [6.45, 7) is 10.9. The first-order valence-corrected chi connectivity index (χ1v) is 14.5. The Balaban J connectivity index is 1.65. The first kappa shape index (κ1) is 31.2. The number of carbonyl (C=O) groups is 2. The van der Waals surface area contributed by atoms with Gasteiger partial charge in [0.25, 0.3) is 5.91 Å². The van der Waals surface area contributed by atoms with Crippen LogP contribution in [0.25, 0.3) is 0 Å². The van der Waals surface area contributed by atoms with Gasteiger partial charge in [0.05, 0.1) is 60.6 Å². The maximum atomic E-state index is 12.4. The minimum atomic E-state index is -0.805. The van der Waals surface area contributed by atoms with Crippen LogP contribution in [-0.4, -0.2) is 101 Å². The van der Waals surface area contributed by atoms with Gasteiger partial charge in [-0.3, -0.25) is 9.69 Å². The second-order valence-corrected chi connectivity index (χ2v) is 12.9. The molecule has 0 aromatic carbocycles. The summed E-state index contributed by atoms with van der Waals surface area (Å²) in [7, 11) is 8.93. The number of likely N-dealkylation sites (N-methyl/N-ethyl adjacent to an activating group) is 1. The third-order valence-electron chi connectivity index (χ3n) is 7.57. The number of unbranched alkanes of at least 4 members (excludes halogenated alkanes) is 8. The van der Waals surface area contributed by atoms with Gasteiger partial charge in [0.1, 0.15) is 17.8 Å². The van der Waals surface area contributed by atoms with E-state index in [1.54, 1.807) is 13.8 Å². The van der Waals surface area contributed by atoms with Crippen molar-refractivity contribution in [1.82, 2.24) is 25.2 Å². The summed E-state index contributed by atoms with van der Waals surface area (Å²) in [6, 6.07) is -0.289. The molecular formula is C28H55N7O2+2. The summed E-state index contributed by atoms with van der Waals surface area (Å²) in [4.78, 5) is 25.8. The second kappa shape index (κ2) is 14.2. The van der Waals surface area contributed by atoms with E-state index in [1.807, 2.05) is 4.68 Å². The number of hydrogen-bond acceptors (Lipinski definition) is 4. The zero-order valence-electron chi connectivity index (χ0n) is 24.9. The number of rotatable bonds is 19. The third kappa shape index (κ3) is 11.1. The highest BCUT2D eigenvalue weighted by Crippen LogP contribution is 2.17. The molecule has 1 aromatic rings. The van der Waals surface area contributed by atoms with Crippen LogP contribution in [0.5, 0.6) is 0 Å². The largest absolute Gasteiger partial charge is 0.327 e. The molecule has 0 atom stereocenters. The van der Waals surface area contributed by atoms with E-state index in [-0.39, 0.29) is 11.9 Å². The molecule has 1 saturated heterocycles. The van der Waals surface area contributed by atoms with Crippen LogP contribution in [0.2, 0.25) is 0 Å². The second-order valence-electron chi connectivity index (χ2n) is 12.9. The lowest BCUT2D eigenvalue weighted by atomic mass is 10.1. The Bertz CT molecular complexity index is 847. The van der Waals surface area contributed by atoms with Crippen molar-refractivity contribution >= 4 is 11.9 Å². The molecule has 37 heavy (non-hydrogen) atoms. The number of amides is 3. The number of aromatic nitrogens is 3. The molecule has 3 amide bonds. The molecule has 0 spiro atoms. The molecule has 0 bridgehead atoms. The smallest absolute Gasteiger partial charge is 0.325 e. The van der Waals surface area contributed by atoms with Gasteiger partial charge in [-0.05, 0) is 26.7 Å². The van der Waals surface area contributed by atoms with E-state index in [0.29, 0.717) is 6.54 Å². The van der Waals surface area contributed by atoms with Crippen molar-refractivity contribution in [2.45, 2.75) is 104 Å². The highest BCUT2D eigenvalue weighted by molar-refractivity contribution is 6.06. The number of quaternary nitrogens is 2. The quantitative estimate of drug-likeness (QED) is 0.168. The summed E-state index contributed by atoms with van der Waals surface area (Å²) < 4.78 is 3.71. The zero-order valence-corrected chi connectivity index (χ0v) is 24.9. The average molecular weight is 522 g/mol. The Hall–Kier alpha value is -2.00. The molecule has 2 heterocycles. The van der Waals surface area contributed by atoms with Crippen LogP contribution in [0, 0.1) is 0 Å². The van der Waals surface area contributed by atoms with Gasteiger partial charge < -0.3 is 14.3 Å². The number of carbonyl (C=O) groups excluding carboxylic acids is 2. The SMILES string of the molecule is CCCCCCCCCCC[N+](C)(C)CCn1cc(C[N+](C)(C)CCCN2C(=O)NC(C)(C)C2=O)nn1. The summed E-state index contributed by atoms with van der Waals surface area (Å²) >= 11 is 0. The summed E-state index contributed by atoms with van der Waals surface area (Å²) in [5, 5.41) is 11.5. The van der Waals surface area contributed by atoms with Crippen LogP contribution < -0.4 is 5.32 Å². The van der Waals surface area contributed by atoms with Gasteiger partial charge in [0, 0.05) is 13.0 Å². The predicted octanol–water partition coefficient (Wildman–Crippen LogP) is 4.18. The molecule has 1 aromatic heterocycles. The molecule has 9 heteroatoms. The van der Waals surface area contributed by atoms with Crippen LogP contribution in [0.15, 0.2) is 6.20 Å². The van der Waals surface area contributed by atoms with Crippen molar-refractivity contribution < 1.29 is 18.6 Å². The normalized spacial score (nSPS) is 16.0. The Morgan fingerprint density at radius 3 is 2.00 bits per heavy atom. The zero-order chi connectivity index (χ0) is 27.5. The first-order chi connectivity index (χ1) is 17.4. The van der Waals surface area contributed by atoms with Crippen LogP contribution in [0.4, 0.5) is 4.79 Å². The topological polar surface area (TPSA) is 80.1 Å². The maximum Gasteiger partial charge on any atom is 0.325 e. The van der Waals surface area contributed by atoms with Gasteiger partial charge in [-0.1, -0.05) is 57.1 Å². The van der Waals surface area contributed by atoms with Gasteiger partial charge >= 0.3 is 6.03 Å². The highest BCUT2D eigenvalue weighted by atomic mass is 16.2. The van der Waals surface area contributed by atoms with E-state index >= 15 is 0 Å². The van der Waals surface area contributed by atoms with E-state index < -0.39 is 5.54 Å². The van der Waals surface area contributed by atoms with E-state index in [2.05, 4.69) is 56.9 Å². The van der Waals surface area contributed by atoms with E-state index in [0.717, 1.165) is 47.3 Å². The molecule has 0 aliphatic carbocycles. The lowest BCUT2D eigenvalue weighted by Gasteiger charge is -2.30. The van der Waals surface area contributed by atoms with Crippen molar-refractivity contribution in [3.63, 3.8) is 0 Å². The van der Waals surface area contributed by atoms with E-state index in [1.165, 1.54) is 69.2 Å². The number of imide groups is 1. The van der Waals surface area contributed by atoms with Crippen molar-refractivity contribution in [2.24, 2.45) is 0 Å². The lowest BCUT2D eigenvalue weighted by molar-refractivity contribution is -0.904. The fourth-order valence-electron chi connectivity index (χ4n) is 5.05. The van der Waals surface area contributed by atoms with Crippen molar-refractivity contribution in [3.05, 3.63) is 11.9 Å². The monoisotopic (exact) mass is 521 g/mol. The van der Waals surface area contributed by atoms with Crippen LogP contribution in [0.3, 0.4) is 0 Å². The first-order valence-electron chi connectivity index (χ1n) is 14.5. The lowest BCUT2D eigenvalue weighted by Crippen LogP contribution is -2.43. The van der Waals surface area contributed by atoms with Gasteiger partial charge in [-0.15, -0.1) is 5.10 Å². The molecule has 1 aliphatic heterocycles. The highest BCUT2D eigenvalue weighted by Gasteiger charge is 2.43. The molecule has 0 radical (unpaired) electrons. The van der Waals surface area contributed by atoms with Crippen molar-refractivity contribution in [2.75, 3.05) is 54.4 Å². The predicted molar refractivity (Wildman–Crippen MR) is 149 cm³/mol. The molecule has 1 aliphatic rings. The Labute approximate surface area is 225 Å². The van der Waals surface area contributed by atoms with Crippen LogP contribution >= 0.6 is 0 Å². The minimum Gasteiger partial charge on any atom is -0.327 e. The molecule has 1 N–H and O–H groups in total. The Morgan fingerprint density at radius 2 is 1.41 bits per heavy atom. The molecule has 2 rings (SSSR count). The fraction of sp³-hybridized carbons (Fsp3) is 0.857. The minimum absolute atomic E-state index is 0.148. The summed E-state index contributed by atoms with van der Waals surface area (Å²) in [5.74, 6) is -0.148. The van der Waals surface area contributed by atoms with Crippen molar-refractivity contribution in [3.8, 4) is 0 Å². The number of hydrogen-bond donors (Lipinski definition) is 1. The number of nitrogens with zero attached hydrogens (tertiary/aromatic N) is 6. The van der Waals surface area contributed by atoms with E-state index in [9.17, 15) is 9.59 Å². The number of nitrogens with one attached hydrogen (secondary N) is 1. The van der Waals surface area contributed by atoms with Gasteiger partial charge in [0.15, 0.2) is 0 Å². The maximum absolute atomic E-state index is 12.4. The summed E-state index contributed by atoms with van der Waals surface area (Å²) in [6.07, 6.45) is 15.1. The third-order valence-corrected chi connectivity index (χ3v) is 7.57. The standard InChI is InChI=1S/C28H54N7O2/c1-8-9-10-11-12-13-14-15-16-20-34(4,5)22-19-32-23-25(30-31-32)24-35(6,7)21-17-18-33-26(36)28(2,3)29-27(33)37/h23H,8-22,24H2,1-7H3/q+1/p+1. The molecule has 1 fully saturated rings. The van der Waals surface area contributed by atoms with Gasteiger partial charge in [-0.2, -0.15) is 0 Å². The fourth-order valence-corrected chi connectivity index (χ4v) is 5.05. The molecule has 0 saturated carbocycles. The number of urea groups is 1. The molecule has 0 unspecified atom stereocenters. The van der Waals surface area contributed by atoms with Crippen molar-refractivity contribution in [1.29, 1.82) is 0 Å². The Morgan fingerprint density at radius 1 is 0.811 bits per heavy atom. The van der Waals surface area contributed by atoms with Crippen LogP contribution in [-0.2, 0) is 17.9 Å². The van der Waals surface area contributed by atoms with Gasteiger partial charge in [0.2, 0.25) is 0 Å². The Kier molecular flexibility index (Phi) is 12.0. The molecule has 9 nitrogen and oxygen atoms in total. The van der Waals surface area contributed by atoms with Crippen LogP contribution in [0.1, 0.15) is 90.7 Å². The van der Waals surface area contributed by atoms with Gasteiger partial charge in [-0.25, -0.2) is 9.48 Å². The van der Waals surface area contributed by atoms with E-state index in [4.69, 9.17) is 0 Å². The average Bonchev–Trinajstić information content (AvgIpc) is 3.32.